The van der Waals surface area contributed by atoms with Gasteiger partial charge in [-0.1, -0.05) is 11.8 Å². The van der Waals surface area contributed by atoms with E-state index < -0.39 is 0 Å². The molecule has 0 aromatic carbocycles. The lowest BCUT2D eigenvalue weighted by Gasteiger charge is -2.20. The van der Waals surface area contributed by atoms with Gasteiger partial charge in [-0.05, 0) is 45.1 Å². The number of aromatic nitrogens is 2. The largest absolute Gasteiger partial charge is 0.344 e. The lowest BCUT2D eigenvalue weighted by Crippen LogP contribution is -2.34. The first-order chi connectivity index (χ1) is 13.0. The number of nitriles is 1. The smallest absolute Gasteiger partial charge is 0.263 e. The molecule has 8 heteroatoms. The third-order valence-corrected chi connectivity index (χ3v) is 7.18. The number of thioether (sulfide) groups is 1. The molecule has 0 radical (unpaired) electrons. The van der Waals surface area contributed by atoms with Crippen LogP contribution < -0.4 is 5.56 Å². The van der Waals surface area contributed by atoms with E-state index in [1.165, 1.54) is 28.6 Å². The first-order valence-electron chi connectivity index (χ1n) is 9.31. The molecule has 3 rings (SSSR count). The summed E-state index contributed by atoms with van der Waals surface area (Å²) in [5, 5.41) is 9.71. The number of carbonyl (C=O) groups is 1. The highest BCUT2D eigenvalue weighted by molar-refractivity contribution is 8.00. The van der Waals surface area contributed by atoms with E-state index in [2.05, 4.69) is 6.07 Å². The second-order valence-corrected chi connectivity index (χ2v) is 9.15. The molecule has 144 valence electrons. The van der Waals surface area contributed by atoms with E-state index in [-0.39, 0.29) is 16.7 Å². The van der Waals surface area contributed by atoms with E-state index >= 15 is 0 Å². The summed E-state index contributed by atoms with van der Waals surface area (Å²) in [5.41, 5.74) is 1.21. The van der Waals surface area contributed by atoms with Crippen LogP contribution in [0.15, 0.2) is 9.95 Å². The maximum Gasteiger partial charge on any atom is 0.263 e. The van der Waals surface area contributed by atoms with Crippen LogP contribution in [0.2, 0.25) is 0 Å². The van der Waals surface area contributed by atoms with Crippen molar-refractivity contribution in [2.45, 2.75) is 62.9 Å². The molecule has 0 spiro atoms. The number of fused-ring (bicyclic) bond motifs is 3. The second-order valence-electron chi connectivity index (χ2n) is 6.76. The Morgan fingerprint density at radius 1 is 1.44 bits per heavy atom. The number of amides is 1. The van der Waals surface area contributed by atoms with Gasteiger partial charge in [0.05, 0.1) is 23.1 Å². The van der Waals surface area contributed by atoms with Crippen molar-refractivity contribution in [1.29, 1.82) is 5.26 Å². The summed E-state index contributed by atoms with van der Waals surface area (Å²) in [6, 6.07) is 2.05. The molecule has 6 nitrogen and oxygen atoms in total. The van der Waals surface area contributed by atoms with Gasteiger partial charge in [-0.2, -0.15) is 5.26 Å². The van der Waals surface area contributed by atoms with Crippen LogP contribution in [0.1, 0.15) is 43.6 Å². The van der Waals surface area contributed by atoms with Gasteiger partial charge in [0.15, 0.2) is 5.16 Å². The van der Waals surface area contributed by atoms with Gasteiger partial charge in [-0.25, -0.2) is 4.98 Å². The Morgan fingerprint density at radius 2 is 2.19 bits per heavy atom. The first kappa shape index (κ1) is 19.9. The zero-order chi connectivity index (χ0) is 19.6. The van der Waals surface area contributed by atoms with Crippen molar-refractivity contribution in [3.8, 4) is 6.07 Å². The van der Waals surface area contributed by atoms with Crippen LogP contribution >= 0.6 is 23.1 Å². The Bertz CT molecular complexity index is 957. The van der Waals surface area contributed by atoms with Gasteiger partial charge in [0.25, 0.3) is 5.56 Å². The molecule has 0 unspecified atom stereocenters. The predicted octanol–water partition coefficient (Wildman–Crippen LogP) is 3.21. The Labute approximate surface area is 167 Å². The Balaban J connectivity index is 1.94. The summed E-state index contributed by atoms with van der Waals surface area (Å²) < 4.78 is 1.69. The van der Waals surface area contributed by atoms with Gasteiger partial charge in [0.2, 0.25) is 5.91 Å². The zero-order valence-corrected chi connectivity index (χ0v) is 17.6. The quantitative estimate of drug-likeness (QED) is 0.546. The lowest BCUT2D eigenvalue weighted by molar-refractivity contribution is -0.128. The standard InChI is InChI=1S/C19H24N4O2S2/c1-4-23-18(25)15-13-8-5-6-9-14(13)27-16(15)21-19(23)26-12(2)17(24)22(3)11-7-10-20/h12H,4-9,11H2,1-3H3/t12-/m1/s1. The normalized spacial score (nSPS) is 14.6. The fourth-order valence-corrected chi connectivity index (χ4v) is 5.83. The van der Waals surface area contributed by atoms with E-state index in [4.69, 9.17) is 10.2 Å². The molecule has 1 aliphatic carbocycles. The number of rotatable bonds is 6. The van der Waals surface area contributed by atoms with Gasteiger partial charge in [0, 0.05) is 25.0 Å². The van der Waals surface area contributed by atoms with Crippen molar-refractivity contribution >= 4 is 39.2 Å². The number of hydrogen-bond donors (Lipinski definition) is 0. The Hall–Kier alpha value is -1.85. The van der Waals surface area contributed by atoms with Crippen LogP contribution in [0.5, 0.6) is 0 Å². The highest BCUT2D eigenvalue weighted by atomic mass is 32.2. The summed E-state index contributed by atoms with van der Waals surface area (Å²) >= 11 is 2.95. The highest BCUT2D eigenvalue weighted by Gasteiger charge is 2.25. The number of thiophene rings is 1. The molecule has 0 N–H and O–H groups in total. The van der Waals surface area contributed by atoms with Crippen molar-refractivity contribution in [3.63, 3.8) is 0 Å². The van der Waals surface area contributed by atoms with E-state index in [0.29, 0.717) is 24.7 Å². The molecule has 2 heterocycles. The molecule has 1 amide bonds. The highest BCUT2D eigenvalue weighted by Crippen LogP contribution is 2.35. The molecule has 0 saturated heterocycles. The minimum absolute atomic E-state index is 0.0156. The van der Waals surface area contributed by atoms with E-state index in [1.54, 1.807) is 27.9 Å². The molecule has 1 atom stereocenters. The van der Waals surface area contributed by atoms with Gasteiger partial charge in [-0.3, -0.25) is 14.2 Å². The van der Waals surface area contributed by atoms with Crippen molar-refractivity contribution in [1.82, 2.24) is 14.5 Å². The van der Waals surface area contributed by atoms with E-state index in [1.807, 2.05) is 13.8 Å². The van der Waals surface area contributed by atoms with Crippen molar-refractivity contribution in [2.24, 2.45) is 0 Å². The van der Waals surface area contributed by atoms with Crippen LogP contribution in [0.4, 0.5) is 0 Å². The van der Waals surface area contributed by atoms with E-state index in [0.717, 1.165) is 29.5 Å². The summed E-state index contributed by atoms with van der Waals surface area (Å²) in [5.74, 6) is -0.0577. The molecule has 0 bridgehead atoms. The number of carbonyl (C=O) groups excluding carboxylic acids is 1. The molecule has 2 aromatic rings. The zero-order valence-electron chi connectivity index (χ0n) is 15.9. The monoisotopic (exact) mass is 404 g/mol. The molecule has 27 heavy (non-hydrogen) atoms. The SMILES string of the molecule is CCn1c(S[C@H](C)C(=O)N(C)CCC#N)nc2sc3c(c2c1=O)CCCC3. The minimum Gasteiger partial charge on any atom is -0.344 e. The lowest BCUT2D eigenvalue weighted by atomic mass is 9.97. The number of hydrogen-bond acceptors (Lipinski definition) is 6. The van der Waals surface area contributed by atoms with Crippen molar-refractivity contribution in [3.05, 3.63) is 20.8 Å². The van der Waals surface area contributed by atoms with Crippen LogP contribution in [0, 0.1) is 11.3 Å². The molecular formula is C19H24N4O2S2. The van der Waals surface area contributed by atoms with Crippen LogP contribution in [-0.4, -0.2) is 39.2 Å². The van der Waals surface area contributed by atoms with Gasteiger partial charge < -0.3 is 4.90 Å². The van der Waals surface area contributed by atoms with Gasteiger partial charge in [-0.15, -0.1) is 11.3 Å². The maximum atomic E-state index is 13.1. The summed E-state index contributed by atoms with van der Waals surface area (Å²) in [6.45, 7) is 4.69. The second kappa shape index (κ2) is 8.44. The first-order valence-corrected chi connectivity index (χ1v) is 11.0. The third-order valence-electron chi connectivity index (χ3n) is 4.92. The van der Waals surface area contributed by atoms with Crippen LogP contribution in [0.3, 0.4) is 0 Å². The number of aryl methyl sites for hydroxylation is 2. The maximum absolute atomic E-state index is 13.1. The predicted molar refractivity (Wildman–Crippen MR) is 109 cm³/mol. The molecule has 0 fully saturated rings. The number of nitrogens with zero attached hydrogens (tertiary/aromatic N) is 4. The topological polar surface area (TPSA) is 79.0 Å². The summed E-state index contributed by atoms with van der Waals surface area (Å²) in [4.78, 5) is 34.1. The van der Waals surface area contributed by atoms with Crippen molar-refractivity contribution in [2.75, 3.05) is 13.6 Å². The molecule has 0 saturated carbocycles. The summed E-state index contributed by atoms with van der Waals surface area (Å²) in [7, 11) is 1.70. The van der Waals surface area contributed by atoms with Crippen molar-refractivity contribution < 1.29 is 4.79 Å². The van der Waals surface area contributed by atoms with Gasteiger partial charge >= 0.3 is 0 Å². The summed E-state index contributed by atoms with van der Waals surface area (Å²) in [6.07, 6.45) is 4.60. The molecule has 0 aliphatic heterocycles. The van der Waals surface area contributed by atoms with Crippen LogP contribution in [0.25, 0.3) is 10.2 Å². The Kier molecular flexibility index (Phi) is 6.22. The third kappa shape index (κ3) is 3.90. The van der Waals surface area contributed by atoms with Crippen LogP contribution in [-0.2, 0) is 24.2 Å². The molecule has 1 aliphatic rings. The average Bonchev–Trinajstić information content (AvgIpc) is 3.04. The average molecular weight is 405 g/mol. The minimum atomic E-state index is -0.370. The molecule has 2 aromatic heterocycles. The van der Waals surface area contributed by atoms with E-state index in [9.17, 15) is 9.59 Å². The fourth-order valence-electron chi connectivity index (χ4n) is 3.44. The molecular weight excluding hydrogens is 380 g/mol. The fraction of sp³-hybridized carbons (Fsp3) is 0.579. The van der Waals surface area contributed by atoms with Gasteiger partial charge in [0.1, 0.15) is 4.83 Å². The Morgan fingerprint density at radius 3 is 2.89 bits per heavy atom.